The normalized spacial score (nSPS) is 14.0. The van der Waals surface area contributed by atoms with Crippen LogP contribution in [0.15, 0.2) is 22.7 Å². The molecule has 5 heteroatoms. The lowest BCUT2D eigenvalue weighted by Crippen LogP contribution is -2.13. The van der Waals surface area contributed by atoms with Crippen LogP contribution in [0.1, 0.15) is 43.9 Å². The van der Waals surface area contributed by atoms with Crippen LogP contribution in [-0.4, -0.2) is 5.11 Å². The largest absolute Gasteiger partial charge is 0.416 e. The predicted molar refractivity (Wildman–Crippen MR) is 68.2 cm³/mol. The summed E-state index contributed by atoms with van der Waals surface area (Å²) in [6.45, 7) is 3.83. The predicted octanol–water partition coefficient (Wildman–Crippen LogP) is 4.94. The summed E-state index contributed by atoms with van der Waals surface area (Å²) in [5.41, 5.74) is -0.427. The highest BCUT2D eigenvalue weighted by Crippen LogP contribution is 2.37. The molecule has 0 aliphatic heterocycles. The molecule has 102 valence electrons. The Morgan fingerprint density at radius 2 is 1.78 bits per heavy atom. The molecule has 0 spiro atoms. The molecular formula is C13H16BrF3O. The van der Waals surface area contributed by atoms with Crippen molar-refractivity contribution in [1.82, 2.24) is 0 Å². The SMILES string of the molecule is CCC(CC)C(O)c1cc(C(F)(F)F)ccc1Br. The average Bonchev–Trinajstić information content (AvgIpc) is 2.29. The van der Waals surface area contributed by atoms with E-state index < -0.39 is 17.8 Å². The highest BCUT2D eigenvalue weighted by molar-refractivity contribution is 9.10. The van der Waals surface area contributed by atoms with Crippen molar-refractivity contribution in [1.29, 1.82) is 0 Å². The van der Waals surface area contributed by atoms with Crippen LogP contribution in [0, 0.1) is 5.92 Å². The topological polar surface area (TPSA) is 20.2 Å². The second-order valence-corrected chi connectivity index (χ2v) is 5.11. The zero-order valence-corrected chi connectivity index (χ0v) is 11.8. The molecule has 1 aromatic rings. The molecule has 1 nitrogen and oxygen atoms in total. The van der Waals surface area contributed by atoms with Crippen LogP contribution < -0.4 is 0 Å². The van der Waals surface area contributed by atoms with Crippen LogP contribution in [0.4, 0.5) is 13.2 Å². The number of alkyl halides is 3. The van der Waals surface area contributed by atoms with Crippen molar-refractivity contribution in [3.05, 3.63) is 33.8 Å². The molecule has 1 N–H and O–H groups in total. The van der Waals surface area contributed by atoms with Gasteiger partial charge < -0.3 is 5.11 Å². The minimum atomic E-state index is -4.39. The van der Waals surface area contributed by atoms with Crippen LogP contribution in [0.3, 0.4) is 0 Å². The maximum atomic E-state index is 12.6. The first-order valence-electron chi connectivity index (χ1n) is 5.85. The molecule has 0 radical (unpaired) electrons. The minimum Gasteiger partial charge on any atom is -0.388 e. The Morgan fingerprint density at radius 1 is 1.22 bits per heavy atom. The summed E-state index contributed by atoms with van der Waals surface area (Å²) in [6.07, 6.45) is -3.82. The number of halogens is 4. The Labute approximate surface area is 113 Å². The van der Waals surface area contributed by atoms with Crippen LogP contribution in [0.2, 0.25) is 0 Å². The van der Waals surface area contributed by atoms with Crippen molar-refractivity contribution < 1.29 is 18.3 Å². The molecule has 0 saturated carbocycles. The Balaban J connectivity index is 3.15. The van der Waals surface area contributed by atoms with Crippen molar-refractivity contribution in [2.75, 3.05) is 0 Å². The summed E-state index contributed by atoms with van der Waals surface area (Å²) < 4.78 is 38.4. The third-order valence-electron chi connectivity index (χ3n) is 3.14. The summed E-state index contributed by atoms with van der Waals surface area (Å²) in [6, 6.07) is 3.37. The van der Waals surface area contributed by atoms with Gasteiger partial charge in [-0.1, -0.05) is 42.6 Å². The van der Waals surface area contributed by atoms with Gasteiger partial charge >= 0.3 is 6.18 Å². The maximum absolute atomic E-state index is 12.6. The fraction of sp³-hybridized carbons (Fsp3) is 0.538. The highest BCUT2D eigenvalue weighted by Gasteiger charge is 2.32. The van der Waals surface area contributed by atoms with Gasteiger partial charge in [-0.3, -0.25) is 0 Å². The summed E-state index contributed by atoms with van der Waals surface area (Å²) in [4.78, 5) is 0. The smallest absolute Gasteiger partial charge is 0.388 e. The Hall–Kier alpha value is -0.550. The molecule has 0 heterocycles. The summed E-state index contributed by atoms with van der Waals surface area (Å²) in [5.74, 6) is -0.0372. The van der Waals surface area contributed by atoms with Crippen molar-refractivity contribution in [3.8, 4) is 0 Å². The Morgan fingerprint density at radius 3 is 2.22 bits per heavy atom. The van der Waals surface area contributed by atoms with Crippen molar-refractivity contribution >= 4 is 15.9 Å². The second kappa shape index (κ2) is 6.06. The van der Waals surface area contributed by atoms with E-state index in [4.69, 9.17) is 0 Å². The fourth-order valence-corrected chi connectivity index (χ4v) is 2.42. The molecule has 0 aromatic heterocycles. The molecule has 1 atom stereocenters. The van der Waals surface area contributed by atoms with Gasteiger partial charge in [0.05, 0.1) is 11.7 Å². The molecule has 1 rings (SSSR count). The van der Waals surface area contributed by atoms with Crippen molar-refractivity contribution in [2.45, 2.75) is 39.0 Å². The number of hydrogen-bond donors (Lipinski definition) is 1. The number of rotatable bonds is 4. The van der Waals surface area contributed by atoms with Gasteiger partial charge in [-0.15, -0.1) is 0 Å². The van der Waals surface area contributed by atoms with Gasteiger partial charge in [-0.25, -0.2) is 0 Å². The lowest BCUT2D eigenvalue weighted by molar-refractivity contribution is -0.137. The third kappa shape index (κ3) is 3.48. The minimum absolute atomic E-state index is 0.0372. The van der Waals surface area contributed by atoms with Gasteiger partial charge in [0.15, 0.2) is 0 Å². The van der Waals surface area contributed by atoms with Crippen molar-refractivity contribution in [3.63, 3.8) is 0 Å². The van der Waals surface area contributed by atoms with Gasteiger partial charge in [0, 0.05) is 4.47 Å². The molecule has 1 unspecified atom stereocenters. The van der Waals surface area contributed by atoms with Gasteiger partial charge in [-0.05, 0) is 29.7 Å². The molecule has 0 amide bonds. The summed E-state index contributed by atoms with van der Waals surface area (Å²) in [7, 11) is 0. The average molecular weight is 325 g/mol. The van der Waals surface area contributed by atoms with E-state index in [1.807, 2.05) is 13.8 Å². The van der Waals surface area contributed by atoms with E-state index in [1.165, 1.54) is 6.07 Å². The first-order chi connectivity index (χ1) is 8.31. The Kier molecular flexibility index (Phi) is 5.22. The van der Waals surface area contributed by atoms with Crippen LogP contribution in [0.5, 0.6) is 0 Å². The van der Waals surface area contributed by atoms with Gasteiger partial charge in [-0.2, -0.15) is 13.2 Å². The van der Waals surface area contributed by atoms with Crippen LogP contribution in [0.25, 0.3) is 0 Å². The van der Waals surface area contributed by atoms with Crippen molar-refractivity contribution in [2.24, 2.45) is 5.92 Å². The molecule has 1 aromatic carbocycles. The molecular weight excluding hydrogens is 309 g/mol. The maximum Gasteiger partial charge on any atom is 0.416 e. The molecule has 0 bridgehead atoms. The summed E-state index contributed by atoms with van der Waals surface area (Å²) >= 11 is 3.20. The molecule has 0 fully saturated rings. The number of aliphatic hydroxyl groups is 1. The van der Waals surface area contributed by atoms with E-state index in [2.05, 4.69) is 15.9 Å². The number of aliphatic hydroxyl groups excluding tert-OH is 1. The third-order valence-corrected chi connectivity index (χ3v) is 3.86. The van der Waals surface area contributed by atoms with Gasteiger partial charge in [0.2, 0.25) is 0 Å². The van der Waals surface area contributed by atoms with E-state index in [0.717, 1.165) is 25.0 Å². The second-order valence-electron chi connectivity index (χ2n) is 4.26. The zero-order chi connectivity index (χ0) is 13.9. The van der Waals surface area contributed by atoms with Crippen LogP contribution >= 0.6 is 15.9 Å². The monoisotopic (exact) mass is 324 g/mol. The molecule has 0 aliphatic rings. The molecule has 0 saturated heterocycles. The van der Waals surface area contributed by atoms with Crippen LogP contribution in [-0.2, 0) is 6.18 Å². The van der Waals surface area contributed by atoms with Gasteiger partial charge in [0.25, 0.3) is 0 Å². The number of benzene rings is 1. The highest BCUT2D eigenvalue weighted by atomic mass is 79.9. The molecule has 0 aliphatic carbocycles. The quantitative estimate of drug-likeness (QED) is 0.831. The summed E-state index contributed by atoms with van der Waals surface area (Å²) in [5, 5.41) is 10.2. The van der Waals surface area contributed by atoms with E-state index >= 15 is 0 Å². The first-order valence-corrected chi connectivity index (χ1v) is 6.65. The number of hydrogen-bond acceptors (Lipinski definition) is 1. The lowest BCUT2D eigenvalue weighted by Gasteiger charge is -2.22. The first kappa shape index (κ1) is 15.5. The standard InChI is InChI=1S/C13H16BrF3O/c1-3-8(4-2)12(18)10-7-9(13(15,16)17)5-6-11(10)14/h5-8,12,18H,3-4H2,1-2H3. The molecule has 18 heavy (non-hydrogen) atoms. The zero-order valence-electron chi connectivity index (χ0n) is 10.3. The van der Waals surface area contributed by atoms with E-state index in [1.54, 1.807) is 0 Å². The van der Waals surface area contributed by atoms with E-state index in [0.29, 0.717) is 10.0 Å². The van der Waals surface area contributed by atoms with E-state index in [9.17, 15) is 18.3 Å². The Bertz CT molecular complexity index is 400. The van der Waals surface area contributed by atoms with E-state index in [-0.39, 0.29) is 5.92 Å². The lowest BCUT2D eigenvalue weighted by atomic mass is 9.90. The fourth-order valence-electron chi connectivity index (χ4n) is 1.94. The van der Waals surface area contributed by atoms with Gasteiger partial charge in [0.1, 0.15) is 0 Å².